The maximum Gasteiger partial charge on any atom is 0.416 e. The maximum absolute atomic E-state index is 12.8. The number of aliphatic imine (C=N–C) groups is 1. The minimum Gasteiger partial charge on any atom is -0.370 e. The standard InChI is InChI=1S/C16H20F3N3S.HI/c17-16(18,19)13-3-1-2-11(8-13)12-9-14(10-12)21-15(20)22-4-6-23-7-5-22;/h1-3,8,12,14H,4-7,9-10H2,(H2,20,21);1H. The largest absolute Gasteiger partial charge is 0.416 e. The molecule has 134 valence electrons. The molecule has 1 heterocycles. The molecule has 24 heavy (non-hydrogen) atoms. The van der Waals surface area contributed by atoms with Crippen LogP contribution >= 0.6 is 35.7 Å². The van der Waals surface area contributed by atoms with Gasteiger partial charge in [-0.15, -0.1) is 24.0 Å². The van der Waals surface area contributed by atoms with Crippen LogP contribution in [-0.4, -0.2) is 41.5 Å². The van der Waals surface area contributed by atoms with Crippen LogP contribution in [0.25, 0.3) is 0 Å². The summed E-state index contributed by atoms with van der Waals surface area (Å²) >= 11 is 1.91. The summed E-state index contributed by atoms with van der Waals surface area (Å²) in [5, 5.41) is 0. The zero-order valence-electron chi connectivity index (χ0n) is 13.1. The highest BCUT2D eigenvalue weighted by atomic mass is 127. The summed E-state index contributed by atoms with van der Waals surface area (Å²) < 4.78 is 38.3. The Labute approximate surface area is 161 Å². The third-order valence-electron chi connectivity index (χ3n) is 4.45. The molecule has 0 aromatic heterocycles. The van der Waals surface area contributed by atoms with Crippen LogP contribution in [0.1, 0.15) is 29.9 Å². The summed E-state index contributed by atoms with van der Waals surface area (Å²) in [6.07, 6.45) is -2.75. The fourth-order valence-electron chi connectivity index (χ4n) is 3.00. The molecule has 0 unspecified atom stereocenters. The summed E-state index contributed by atoms with van der Waals surface area (Å²) in [4.78, 5) is 6.63. The van der Waals surface area contributed by atoms with Crippen LogP contribution in [0.3, 0.4) is 0 Å². The normalized spacial score (nSPS) is 25.0. The molecule has 1 aliphatic heterocycles. The Kier molecular flexibility index (Phi) is 6.69. The van der Waals surface area contributed by atoms with Crippen LogP contribution in [0, 0.1) is 0 Å². The number of nitrogens with zero attached hydrogens (tertiary/aromatic N) is 2. The molecule has 1 aliphatic carbocycles. The smallest absolute Gasteiger partial charge is 0.370 e. The quantitative estimate of drug-likeness (QED) is 0.404. The number of halogens is 4. The van der Waals surface area contributed by atoms with E-state index in [-0.39, 0.29) is 35.9 Å². The van der Waals surface area contributed by atoms with E-state index in [2.05, 4.69) is 9.89 Å². The number of hydrogen-bond acceptors (Lipinski definition) is 2. The van der Waals surface area contributed by atoms with Crippen molar-refractivity contribution < 1.29 is 13.2 Å². The molecule has 0 spiro atoms. The van der Waals surface area contributed by atoms with Crippen molar-refractivity contribution in [2.24, 2.45) is 10.7 Å². The van der Waals surface area contributed by atoms with Crippen molar-refractivity contribution >= 4 is 41.7 Å². The third-order valence-corrected chi connectivity index (χ3v) is 5.39. The first-order valence-corrected chi connectivity index (χ1v) is 8.92. The molecule has 0 amide bonds. The molecule has 1 saturated heterocycles. The lowest BCUT2D eigenvalue weighted by Gasteiger charge is -2.35. The number of thioether (sulfide) groups is 1. The summed E-state index contributed by atoms with van der Waals surface area (Å²) in [5.74, 6) is 2.86. The second-order valence-corrected chi connectivity index (χ2v) is 7.26. The van der Waals surface area contributed by atoms with Gasteiger partial charge < -0.3 is 10.6 Å². The molecule has 2 N–H and O–H groups in total. The lowest BCUT2D eigenvalue weighted by molar-refractivity contribution is -0.137. The van der Waals surface area contributed by atoms with Gasteiger partial charge in [-0.2, -0.15) is 24.9 Å². The predicted molar refractivity (Wildman–Crippen MR) is 103 cm³/mol. The number of alkyl halides is 3. The molecule has 0 radical (unpaired) electrons. The van der Waals surface area contributed by atoms with E-state index in [1.807, 2.05) is 11.8 Å². The number of rotatable bonds is 2. The Morgan fingerprint density at radius 3 is 2.50 bits per heavy atom. The molecule has 2 aliphatic rings. The van der Waals surface area contributed by atoms with Gasteiger partial charge in [0, 0.05) is 24.6 Å². The molecule has 1 aromatic rings. The molecular formula is C16H21F3IN3S. The van der Waals surface area contributed by atoms with Gasteiger partial charge in [0.05, 0.1) is 11.6 Å². The fourth-order valence-corrected chi connectivity index (χ4v) is 3.90. The Morgan fingerprint density at radius 1 is 1.21 bits per heavy atom. The second-order valence-electron chi connectivity index (χ2n) is 6.03. The molecule has 3 nitrogen and oxygen atoms in total. The van der Waals surface area contributed by atoms with E-state index in [9.17, 15) is 13.2 Å². The lowest BCUT2D eigenvalue weighted by atomic mass is 9.76. The van der Waals surface area contributed by atoms with Crippen LogP contribution in [0.5, 0.6) is 0 Å². The Bertz CT molecular complexity index is 582. The van der Waals surface area contributed by atoms with Crippen molar-refractivity contribution in [3.05, 3.63) is 35.4 Å². The Balaban J connectivity index is 0.00000208. The number of nitrogens with two attached hydrogens (primary N) is 1. The molecular weight excluding hydrogens is 450 g/mol. The first-order chi connectivity index (χ1) is 10.9. The summed E-state index contributed by atoms with van der Waals surface area (Å²) in [5.41, 5.74) is 6.21. The van der Waals surface area contributed by atoms with Crippen LogP contribution < -0.4 is 5.73 Å². The van der Waals surface area contributed by atoms with E-state index in [1.54, 1.807) is 6.07 Å². The van der Waals surface area contributed by atoms with Crippen molar-refractivity contribution in [3.8, 4) is 0 Å². The summed E-state index contributed by atoms with van der Waals surface area (Å²) in [6, 6.07) is 5.75. The summed E-state index contributed by atoms with van der Waals surface area (Å²) in [7, 11) is 0. The van der Waals surface area contributed by atoms with Gasteiger partial charge in [-0.25, -0.2) is 4.99 Å². The van der Waals surface area contributed by atoms with E-state index in [1.165, 1.54) is 12.1 Å². The van der Waals surface area contributed by atoms with Gasteiger partial charge in [0.1, 0.15) is 0 Å². The highest BCUT2D eigenvalue weighted by Crippen LogP contribution is 2.40. The van der Waals surface area contributed by atoms with E-state index in [0.717, 1.165) is 49.1 Å². The van der Waals surface area contributed by atoms with Gasteiger partial charge >= 0.3 is 6.18 Å². The Hall–Kier alpha value is -0.640. The van der Waals surface area contributed by atoms with Gasteiger partial charge in [-0.1, -0.05) is 18.2 Å². The van der Waals surface area contributed by atoms with Gasteiger partial charge in [0.2, 0.25) is 0 Å². The molecule has 2 fully saturated rings. The first-order valence-electron chi connectivity index (χ1n) is 7.76. The SMILES string of the molecule is I.NC(=NC1CC(c2cccc(C(F)(F)F)c2)C1)N1CCSCC1. The maximum atomic E-state index is 12.8. The van der Waals surface area contributed by atoms with Gasteiger partial charge in [-0.05, 0) is 30.4 Å². The molecule has 0 atom stereocenters. The zero-order chi connectivity index (χ0) is 16.4. The van der Waals surface area contributed by atoms with E-state index < -0.39 is 11.7 Å². The van der Waals surface area contributed by atoms with Crippen molar-refractivity contribution in [1.82, 2.24) is 4.90 Å². The van der Waals surface area contributed by atoms with E-state index in [4.69, 9.17) is 5.73 Å². The highest BCUT2D eigenvalue weighted by Gasteiger charge is 2.34. The molecule has 1 aromatic carbocycles. The average Bonchev–Trinajstić information content (AvgIpc) is 2.50. The molecule has 8 heteroatoms. The topological polar surface area (TPSA) is 41.6 Å². The number of guanidine groups is 1. The first kappa shape index (κ1) is 19.7. The minimum atomic E-state index is -4.28. The molecule has 0 bridgehead atoms. The van der Waals surface area contributed by atoms with Gasteiger partial charge in [0.15, 0.2) is 5.96 Å². The van der Waals surface area contributed by atoms with Crippen LogP contribution in [0.4, 0.5) is 13.2 Å². The van der Waals surface area contributed by atoms with Crippen LogP contribution in [0.15, 0.2) is 29.3 Å². The monoisotopic (exact) mass is 471 g/mol. The molecule has 3 rings (SSSR count). The van der Waals surface area contributed by atoms with Gasteiger partial charge in [-0.3, -0.25) is 0 Å². The van der Waals surface area contributed by atoms with Crippen molar-refractivity contribution in [2.75, 3.05) is 24.6 Å². The van der Waals surface area contributed by atoms with E-state index in [0.29, 0.717) is 5.96 Å². The lowest BCUT2D eigenvalue weighted by Crippen LogP contribution is -2.44. The minimum absolute atomic E-state index is 0. The highest BCUT2D eigenvalue weighted by molar-refractivity contribution is 14.0. The second kappa shape index (κ2) is 8.16. The van der Waals surface area contributed by atoms with Crippen LogP contribution in [0.2, 0.25) is 0 Å². The number of hydrogen-bond donors (Lipinski definition) is 1. The summed E-state index contributed by atoms with van der Waals surface area (Å²) in [6.45, 7) is 1.84. The Morgan fingerprint density at radius 2 is 1.88 bits per heavy atom. The van der Waals surface area contributed by atoms with Crippen LogP contribution in [-0.2, 0) is 6.18 Å². The third kappa shape index (κ3) is 4.71. The van der Waals surface area contributed by atoms with Gasteiger partial charge in [0.25, 0.3) is 0 Å². The average molecular weight is 471 g/mol. The van der Waals surface area contributed by atoms with Crippen molar-refractivity contribution in [3.63, 3.8) is 0 Å². The van der Waals surface area contributed by atoms with Crippen molar-refractivity contribution in [1.29, 1.82) is 0 Å². The molecule has 1 saturated carbocycles. The fraction of sp³-hybridized carbons (Fsp3) is 0.562. The predicted octanol–water partition coefficient (Wildman–Crippen LogP) is 3.93. The number of benzene rings is 1. The van der Waals surface area contributed by atoms with E-state index >= 15 is 0 Å². The zero-order valence-corrected chi connectivity index (χ0v) is 16.3. The van der Waals surface area contributed by atoms with Crippen molar-refractivity contribution in [2.45, 2.75) is 31.0 Å².